The van der Waals surface area contributed by atoms with E-state index in [0.717, 1.165) is 13.1 Å². The van der Waals surface area contributed by atoms with Crippen LogP contribution in [0.15, 0.2) is 18.2 Å². The third-order valence-electron chi connectivity index (χ3n) is 3.32. The first-order chi connectivity index (χ1) is 9.11. The van der Waals surface area contributed by atoms with Gasteiger partial charge in [-0.05, 0) is 18.2 Å². The maximum atomic E-state index is 12.3. The van der Waals surface area contributed by atoms with Gasteiger partial charge in [-0.3, -0.25) is 9.69 Å². The van der Waals surface area contributed by atoms with Crippen molar-refractivity contribution in [2.45, 2.75) is 0 Å². The molecule has 0 spiro atoms. The average molecular weight is 284 g/mol. The summed E-state index contributed by atoms with van der Waals surface area (Å²) in [6.07, 6.45) is 0. The lowest BCUT2D eigenvalue weighted by molar-refractivity contribution is 0.0615. The molecule has 1 fully saturated rings. The van der Waals surface area contributed by atoms with Gasteiger partial charge in [-0.2, -0.15) is 0 Å². The molecule has 6 heteroatoms. The molecule has 1 aromatic carbocycles. The summed E-state index contributed by atoms with van der Waals surface area (Å²) in [7, 11) is 0. The lowest BCUT2D eigenvalue weighted by Gasteiger charge is -2.34. The lowest BCUT2D eigenvalue weighted by atomic mass is 10.1. The summed E-state index contributed by atoms with van der Waals surface area (Å²) in [5.41, 5.74) is 6.67. The molecule has 1 saturated heterocycles. The Morgan fingerprint density at radius 3 is 2.58 bits per heavy atom. The molecule has 0 aromatic heterocycles. The smallest absolute Gasteiger partial charge is 0.253 e. The van der Waals surface area contributed by atoms with E-state index in [4.69, 9.17) is 22.4 Å². The minimum Gasteiger partial charge on any atom is -0.398 e. The van der Waals surface area contributed by atoms with Crippen LogP contribution < -0.4 is 5.73 Å². The number of β-amino-alcohol motifs (C(OH)–C–C–N with tert-alkyl or cyclic N) is 1. The molecule has 1 aliphatic rings. The number of anilines is 1. The largest absolute Gasteiger partial charge is 0.398 e. The zero-order chi connectivity index (χ0) is 13.8. The van der Waals surface area contributed by atoms with Gasteiger partial charge in [-0.15, -0.1) is 0 Å². The molecule has 104 valence electrons. The summed E-state index contributed by atoms with van der Waals surface area (Å²) in [5, 5.41) is 9.29. The van der Waals surface area contributed by atoms with E-state index in [0.29, 0.717) is 35.9 Å². The number of hydrogen-bond donors (Lipinski definition) is 2. The van der Waals surface area contributed by atoms with Crippen LogP contribution in [0, 0.1) is 0 Å². The fraction of sp³-hybridized carbons (Fsp3) is 0.462. The zero-order valence-corrected chi connectivity index (χ0v) is 11.4. The number of hydrogen-bond acceptors (Lipinski definition) is 4. The predicted molar refractivity (Wildman–Crippen MR) is 75.3 cm³/mol. The highest BCUT2D eigenvalue weighted by Gasteiger charge is 2.22. The summed E-state index contributed by atoms with van der Waals surface area (Å²) in [6, 6.07) is 4.96. The number of aliphatic hydroxyl groups excluding tert-OH is 1. The molecule has 0 bridgehead atoms. The number of carbonyl (C=O) groups is 1. The van der Waals surface area contributed by atoms with Crippen molar-refractivity contribution in [2.75, 3.05) is 45.1 Å². The molecular formula is C13H18ClN3O2. The normalized spacial score (nSPS) is 16.6. The Labute approximate surface area is 117 Å². The van der Waals surface area contributed by atoms with Gasteiger partial charge in [-0.25, -0.2) is 0 Å². The van der Waals surface area contributed by atoms with Crippen LogP contribution in [0.25, 0.3) is 0 Å². The summed E-state index contributed by atoms with van der Waals surface area (Å²) in [6.45, 7) is 3.73. The van der Waals surface area contributed by atoms with Gasteiger partial charge < -0.3 is 15.7 Å². The number of halogens is 1. The van der Waals surface area contributed by atoms with Gasteiger partial charge in [0.15, 0.2) is 0 Å². The molecular weight excluding hydrogens is 266 g/mol. The Hall–Kier alpha value is -1.30. The maximum Gasteiger partial charge on any atom is 0.253 e. The third kappa shape index (κ3) is 3.37. The van der Waals surface area contributed by atoms with Crippen molar-refractivity contribution in [3.63, 3.8) is 0 Å². The molecule has 1 aliphatic heterocycles. The van der Waals surface area contributed by atoms with Gasteiger partial charge in [0.2, 0.25) is 0 Å². The van der Waals surface area contributed by atoms with Crippen LogP contribution in [-0.4, -0.2) is 60.1 Å². The van der Waals surface area contributed by atoms with E-state index in [-0.39, 0.29) is 12.5 Å². The average Bonchev–Trinajstić information content (AvgIpc) is 2.42. The monoisotopic (exact) mass is 283 g/mol. The lowest BCUT2D eigenvalue weighted by Crippen LogP contribution is -2.49. The van der Waals surface area contributed by atoms with E-state index in [1.807, 2.05) is 0 Å². The van der Waals surface area contributed by atoms with Crippen molar-refractivity contribution in [3.05, 3.63) is 28.8 Å². The number of carbonyl (C=O) groups excluding carboxylic acids is 1. The fourth-order valence-corrected chi connectivity index (χ4v) is 2.34. The molecule has 0 aliphatic carbocycles. The van der Waals surface area contributed by atoms with Crippen LogP contribution in [0.2, 0.25) is 5.02 Å². The van der Waals surface area contributed by atoms with Crippen LogP contribution in [0.5, 0.6) is 0 Å². The molecule has 0 radical (unpaired) electrons. The van der Waals surface area contributed by atoms with Crippen LogP contribution >= 0.6 is 11.6 Å². The molecule has 0 unspecified atom stereocenters. The highest BCUT2D eigenvalue weighted by atomic mass is 35.5. The number of nitrogens with zero attached hydrogens (tertiary/aromatic N) is 2. The highest BCUT2D eigenvalue weighted by Crippen LogP contribution is 2.21. The number of nitrogen functional groups attached to an aromatic ring is 1. The summed E-state index contributed by atoms with van der Waals surface area (Å²) in [5.74, 6) is -0.0226. The van der Waals surface area contributed by atoms with E-state index in [2.05, 4.69) is 4.90 Å². The first-order valence-electron chi connectivity index (χ1n) is 6.29. The molecule has 0 atom stereocenters. The first kappa shape index (κ1) is 14.1. The Kier molecular flexibility index (Phi) is 4.63. The number of nitrogens with two attached hydrogens (primary N) is 1. The Balaban J connectivity index is 1.99. The number of aliphatic hydroxyl groups is 1. The van der Waals surface area contributed by atoms with E-state index >= 15 is 0 Å². The van der Waals surface area contributed by atoms with Gasteiger partial charge in [0.25, 0.3) is 5.91 Å². The topological polar surface area (TPSA) is 69.8 Å². The SMILES string of the molecule is Nc1ccc(C(=O)N2CCN(CCO)CC2)cc1Cl. The van der Waals surface area contributed by atoms with E-state index in [1.165, 1.54) is 0 Å². The second-order valence-electron chi connectivity index (χ2n) is 4.59. The molecule has 2 rings (SSSR count). The quantitative estimate of drug-likeness (QED) is 0.800. The minimum absolute atomic E-state index is 0.0226. The van der Waals surface area contributed by atoms with Crippen molar-refractivity contribution in [1.82, 2.24) is 9.80 Å². The highest BCUT2D eigenvalue weighted by molar-refractivity contribution is 6.33. The molecule has 19 heavy (non-hydrogen) atoms. The summed E-state index contributed by atoms with van der Waals surface area (Å²) in [4.78, 5) is 16.2. The van der Waals surface area contributed by atoms with Crippen LogP contribution in [-0.2, 0) is 0 Å². The fourth-order valence-electron chi connectivity index (χ4n) is 2.16. The summed E-state index contributed by atoms with van der Waals surface area (Å²) < 4.78 is 0. The first-order valence-corrected chi connectivity index (χ1v) is 6.67. The van der Waals surface area contributed by atoms with Gasteiger partial charge in [0.05, 0.1) is 17.3 Å². The third-order valence-corrected chi connectivity index (χ3v) is 3.65. The van der Waals surface area contributed by atoms with Crippen molar-refractivity contribution < 1.29 is 9.90 Å². The minimum atomic E-state index is -0.0226. The van der Waals surface area contributed by atoms with Gasteiger partial charge in [0.1, 0.15) is 0 Å². The Morgan fingerprint density at radius 1 is 1.32 bits per heavy atom. The number of rotatable bonds is 3. The van der Waals surface area contributed by atoms with E-state index in [1.54, 1.807) is 23.1 Å². The van der Waals surface area contributed by atoms with Crippen molar-refractivity contribution in [3.8, 4) is 0 Å². The van der Waals surface area contributed by atoms with Crippen LogP contribution in [0.1, 0.15) is 10.4 Å². The number of amides is 1. The standard InChI is InChI=1S/C13H18ClN3O2/c14-11-9-10(1-2-12(11)15)13(19)17-5-3-16(4-6-17)7-8-18/h1-2,9,18H,3-8,15H2. The molecule has 1 heterocycles. The Bertz CT molecular complexity index is 459. The van der Waals surface area contributed by atoms with Crippen molar-refractivity contribution in [2.24, 2.45) is 0 Å². The van der Waals surface area contributed by atoms with Gasteiger partial charge in [0, 0.05) is 38.3 Å². The summed E-state index contributed by atoms with van der Waals surface area (Å²) >= 11 is 5.93. The van der Waals surface area contributed by atoms with Crippen LogP contribution in [0.3, 0.4) is 0 Å². The number of benzene rings is 1. The van der Waals surface area contributed by atoms with Crippen LogP contribution in [0.4, 0.5) is 5.69 Å². The molecule has 1 amide bonds. The Morgan fingerprint density at radius 2 is 2.00 bits per heavy atom. The van der Waals surface area contributed by atoms with Gasteiger partial charge in [-0.1, -0.05) is 11.6 Å². The van der Waals surface area contributed by atoms with E-state index < -0.39 is 0 Å². The van der Waals surface area contributed by atoms with Gasteiger partial charge >= 0.3 is 0 Å². The van der Waals surface area contributed by atoms with Crippen molar-refractivity contribution in [1.29, 1.82) is 0 Å². The second-order valence-corrected chi connectivity index (χ2v) is 5.00. The maximum absolute atomic E-state index is 12.3. The van der Waals surface area contributed by atoms with Crippen molar-refractivity contribution >= 4 is 23.2 Å². The zero-order valence-electron chi connectivity index (χ0n) is 10.7. The molecule has 1 aromatic rings. The molecule has 5 nitrogen and oxygen atoms in total. The number of piperazine rings is 1. The predicted octanol–water partition coefficient (Wildman–Crippen LogP) is 0.672. The van der Waals surface area contributed by atoms with E-state index in [9.17, 15) is 4.79 Å². The second kappa shape index (κ2) is 6.23. The molecule has 0 saturated carbocycles. The molecule has 3 N–H and O–H groups in total.